The molecule has 48 heavy (non-hydrogen) atoms. The number of pyridine rings is 3. The van der Waals surface area contributed by atoms with Crippen molar-refractivity contribution in [2.24, 2.45) is 0 Å². The predicted molar refractivity (Wildman–Crippen MR) is 196 cm³/mol. The average Bonchev–Trinajstić information content (AvgIpc) is 3.68. The molecule has 0 aliphatic rings. The fourth-order valence-electron chi connectivity index (χ4n) is 7.07. The molecule has 9 rings (SSSR count). The van der Waals surface area contributed by atoms with Crippen molar-refractivity contribution in [1.82, 2.24) is 23.9 Å². The van der Waals surface area contributed by atoms with Crippen molar-refractivity contribution in [2.45, 2.75) is 33.1 Å². The van der Waals surface area contributed by atoms with Crippen LogP contribution in [0.15, 0.2) is 128 Å². The van der Waals surface area contributed by atoms with Gasteiger partial charge in [-0.2, -0.15) is 0 Å². The number of rotatable bonds is 4. The lowest BCUT2D eigenvalue weighted by Crippen LogP contribution is -2.16. The molecule has 4 aromatic carbocycles. The third-order valence-electron chi connectivity index (χ3n) is 9.35. The number of nitrogens with zero attached hydrogens (tertiary/aromatic N) is 5. The van der Waals surface area contributed by atoms with Crippen LogP contribution in [0.2, 0.25) is 0 Å². The molecule has 0 spiro atoms. The van der Waals surface area contributed by atoms with E-state index in [0.717, 1.165) is 72.4 Å². The van der Waals surface area contributed by atoms with Crippen LogP contribution in [0.5, 0.6) is 11.5 Å². The van der Waals surface area contributed by atoms with Gasteiger partial charge < -0.3 is 4.74 Å². The summed E-state index contributed by atoms with van der Waals surface area (Å²) in [5.74, 6) is 2.43. The number of fused-ring (bicyclic) bond motifs is 9. The molecule has 0 radical (unpaired) electrons. The monoisotopic (exact) mass is 623 g/mol. The molecule has 9 aromatic rings. The highest BCUT2D eigenvalue weighted by molar-refractivity contribution is 6.12. The Morgan fingerprint density at radius 3 is 2.17 bits per heavy atom. The number of aryl methyl sites for hydroxylation is 1. The Kier molecular flexibility index (Phi) is 6.18. The summed E-state index contributed by atoms with van der Waals surface area (Å²) in [6.45, 7) is 8.81. The van der Waals surface area contributed by atoms with Crippen LogP contribution in [0.1, 0.15) is 31.9 Å². The van der Waals surface area contributed by atoms with E-state index in [1.807, 2.05) is 30.6 Å². The van der Waals surface area contributed by atoms with Crippen LogP contribution in [-0.4, -0.2) is 23.9 Å². The van der Waals surface area contributed by atoms with Crippen molar-refractivity contribution < 1.29 is 4.74 Å². The van der Waals surface area contributed by atoms with E-state index in [2.05, 4.69) is 134 Å². The van der Waals surface area contributed by atoms with E-state index in [9.17, 15) is 0 Å². The molecular weight excluding hydrogens is 590 g/mol. The lowest BCUT2D eigenvalue weighted by Gasteiger charge is -2.23. The predicted octanol–water partition coefficient (Wildman–Crippen LogP) is 10.6. The van der Waals surface area contributed by atoms with Gasteiger partial charge in [0.15, 0.2) is 0 Å². The largest absolute Gasteiger partial charge is 0.457 e. The van der Waals surface area contributed by atoms with Gasteiger partial charge in [-0.25, -0.2) is 15.0 Å². The smallest absolute Gasteiger partial charge is 0.147 e. The van der Waals surface area contributed by atoms with Crippen LogP contribution < -0.4 is 4.74 Å². The number of aromatic nitrogens is 5. The fourth-order valence-corrected chi connectivity index (χ4v) is 7.07. The first-order valence-electron chi connectivity index (χ1n) is 16.3. The van der Waals surface area contributed by atoms with Crippen LogP contribution in [0, 0.1) is 6.92 Å². The summed E-state index contributed by atoms with van der Waals surface area (Å²) in [5, 5.41) is 5.49. The first kappa shape index (κ1) is 28.2. The lowest BCUT2D eigenvalue weighted by molar-refractivity contribution is 0.484. The number of para-hydroxylation sites is 1. The maximum atomic E-state index is 6.66. The Hall–Kier alpha value is -6.01. The van der Waals surface area contributed by atoms with E-state index in [4.69, 9.17) is 19.7 Å². The van der Waals surface area contributed by atoms with Crippen LogP contribution >= 0.6 is 0 Å². The van der Waals surface area contributed by atoms with E-state index in [0.29, 0.717) is 0 Å². The van der Waals surface area contributed by atoms with Crippen molar-refractivity contribution in [3.63, 3.8) is 0 Å². The topological polar surface area (TPSA) is 57.2 Å². The minimum atomic E-state index is -0.0859. The van der Waals surface area contributed by atoms with Gasteiger partial charge in [-0.15, -0.1) is 0 Å². The van der Waals surface area contributed by atoms with Gasteiger partial charge in [0.25, 0.3) is 0 Å². The summed E-state index contributed by atoms with van der Waals surface area (Å²) in [4.78, 5) is 14.9. The second-order valence-electron chi connectivity index (χ2n) is 13.5. The summed E-state index contributed by atoms with van der Waals surface area (Å²) < 4.78 is 11.0. The molecule has 5 heterocycles. The summed E-state index contributed by atoms with van der Waals surface area (Å²) in [7, 11) is 0. The van der Waals surface area contributed by atoms with Crippen molar-refractivity contribution in [3.8, 4) is 28.6 Å². The zero-order valence-corrected chi connectivity index (χ0v) is 27.3. The van der Waals surface area contributed by atoms with Gasteiger partial charge in [0.05, 0.1) is 16.7 Å². The summed E-state index contributed by atoms with van der Waals surface area (Å²) in [5.41, 5.74) is 8.20. The zero-order valence-electron chi connectivity index (χ0n) is 27.3. The lowest BCUT2D eigenvalue weighted by atomic mass is 9.87. The van der Waals surface area contributed by atoms with E-state index >= 15 is 0 Å². The van der Waals surface area contributed by atoms with E-state index in [-0.39, 0.29) is 5.41 Å². The molecule has 0 N–H and O–H groups in total. The minimum absolute atomic E-state index is 0.0859. The van der Waals surface area contributed by atoms with Gasteiger partial charge in [0.2, 0.25) is 0 Å². The molecule has 6 nitrogen and oxygen atoms in total. The number of imidazole rings is 1. The summed E-state index contributed by atoms with van der Waals surface area (Å²) in [6.07, 6.45) is 5.81. The summed E-state index contributed by atoms with van der Waals surface area (Å²) >= 11 is 0. The Balaban J connectivity index is 1.22. The highest BCUT2D eigenvalue weighted by Crippen LogP contribution is 2.39. The molecule has 0 saturated heterocycles. The molecule has 232 valence electrons. The highest BCUT2D eigenvalue weighted by Gasteiger charge is 2.23. The minimum Gasteiger partial charge on any atom is -0.457 e. The van der Waals surface area contributed by atoms with E-state index in [1.54, 1.807) is 0 Å². The van der Waals surface area contributed by atoms with Gasteiger partial charge >= 0.3 is 0 Å². The van der Waals surface area contributed by atoms with Crippen LogP contribution in [0.4, 0.5) is 0 Å². The molecule has 0 amide bonds. The molecule has 0 saturated carbocycles. The third kappa shape index (κ3) is 4.37. The van der Waals surface area contributed by atoms with E-state index < -0.39 is 0 Å². The second-order valence-corrected chi connectivity index (χ2v) is 13.5. The number of benzene rings is 4. The quantitative estimate of drug-likeness (QED) is 0.183. The van der Waals surface area contributed by atoms with Crippen molar-refractivity contribution in [3.05, 3.63) is 139 Å². The van der Waals surface area contributed by atoms with Crippen molar-refractivity contribution in [1.29, 1.82) is 0 Å². The van der Waals surface area contributed by atoms with Gasteiger partial charge in [0, 0.05) is 57.3 Å². The van der Waals surface area contributed by atoms with Crippen LogP contribution in [0.3, 0.4) is 0 Å². The van der Waals surface area contributed by atoms with Crippen molar-refractivity contribution >= 4 is 49.3 Å². The maximum absolute atomic E-state index is 6.66. The molecule has 0 unspecified atom stereocenters. The molecule has 6 heteroatoms. The number of hydrogen-bond acceptors (Lipinski definition) is 4. The summed E-state index contributed by atoms with van der Waals surface area (Å²) in [6, 6.07) is 37.8. The van der Waals surface area contributed by atoms with Gasteiger partial charge in [0.1, 0.15) is 28.6 Å². The Morgan fingerprint density at radius 2 is 1.31 bits per heavy atom. The first-order chi connectivity index (χ1) is 23.3. The third-order valence-corrected chi connectivity index (χ3v) is 9.35. The average molecular weight is 624 g/mol. The highest BCUT2D eigenvalue weighted by atomic mass is 16.5. The molecule has 5 aromatic heterocycles. The molecular formula is C42H33N5O. The van der Waals surface area contributed by atoms with Crippen LogP contribution in [-0.2, 0) is 5.41 Å². The Morgan fingerprint density at radius 1 is 0.604 bits per heavy atom. The van der Waals surface area contributed by atoms with E-state index in [1.165, 1.54) is 16.5 Å². The van der Waals surface area contributed by atoms with Gasteiger partial charge in [-0.3, -0.25) is 8.97 Å². The normalized spacial score (nSPS) is 12.2. The Labute approximate surface area is 277 Å². The Bertz CT molecular complexity index is 2710. The SMILES string of the molecule is Cc1ccccc1-c1cn2c3ncccc3c3ccc(Oc4ccc5c6ccccc6n(-c6ncccc6C(C)(C)C)c5c4)cc3c2n1. The molecule has 0 bridgehead atoms. The van der Waals surface area contributed by atoms with Gasteiger partial charge in [-0.05, 0) is 77.9 Å². The first-order valence-corrected chi connectivity index (χ1v) is 16.3. The number of hydrogen-bond donors (Lipinski definition) is 0. The molecule has 0 atom stereocenters. The van der Waals surface area contributed by atoms with Gasteiger partial charge in [-0.1, -0.05) is 69.3 Å². The number of ether oxygens (including phenoxy) is 1. The second kappa shape index (κ2) is 10.5. The standard InChI is InChI=1S/C42H33N5O/c1-26-11-5-6-12-29(26)36-25-46-39-33(14-9-21-43-39)30-19-17-27(23-34(30)40(46)45-36)48-28-18-20-32-31-13-7-8-16-37(31)47(38(32)24-28)41-35(42(2,3)4)15-10-22-44-41/h5-25H,1-4H3. The van der Waals surface area contributed by atoms with Crippen LogP contribution in [0.25, 0.3) is 66.3 Å². The fraction of sp³-hybridized carbons (Fsp3) is 0.119. The van der Waals surface area contributed by atoms with Crippen molar-refractivity contribution in [2.75, 3.05) is 0 Å². The maximum Gasteiger partial charge on any atom is 0.147 e. The molecule has 0 aliphatic carbocycles. The zero-order chi connectivity index (χ0) is 32.6. The molecule has 0 fully saturated rings. The molecule has 0 aliphatic heterocycles.